The van der Waals surface area contributed by atoms with Crippen LogP contribution in [0.25, 0.3) is 11.1 Å². The molecule has 0 N–H and O–H groups in total. The molecule has 0 atom stereocenters. The van der Waals surface area contributed by atoms with Crippen LogP contribution in [0.2, 0.25) is 0 Å². The number of hydrogen-bond acceptors (Lipinski definition) is 2. The van der Waals surface area contributed by atoms with Gasteiger partial charge in [-0.15, -0.1) is 0 Å². The Kier molecular flexibility index (Phi) is 4.08. The van der Waals surface area contributed by atoms with Gasteiger partial charge in [0.1, 0.15) is 0 Å². The highest BCUT2D eigenvalue weighted by Crippen LogP contribution is 2.32. The molecular formula is C19H20O2. The van der Waals surface area contributed by atoms with Crippen LogP contribution in [-0.4, -0.2) is 12.6 Å². The molecule has 0 saturated carbocycles. The molecule has 0 aliphatic carbocycles. The van der Waals surface area contributed by atoms with E-state index in [1.165, 1.54) is 0 Å². The smallest absolute Gasteiger partial charge is 0.150 e. The second kappa shape index (κ2) is 5.65. The van der Waals surface area contributed by atoms with Gasteiger partial charge in [-0.05, 0) is 35.1 Å². The Bertz CT molecular complexity index is 691. The Labute approximate surface area is 125 Å². The fourth-order valence-electron chi connectivity index (χ4n) is 2.36. The summed E-state index contributed by atoms with van der Waals surface area (Å²) in [7, 11) is 0. The molecule has 0 fully saturated rings. The fourth-order valence-corrected chi connectivity index (χ4v) is 2.36. The summed E-state index contributed by atoms with van der Waals surface area (Å²) in [6, 6.07) is 11.5. The summed E-state index contributed by atoms with van der Waals surface area (Å²) < 4.78 is 0. The number of aldehydes is 2. The van der Waals surface area contributed by atoms with Gasteiger partial charge in [-0.1, -0.05) is 56.7 Å². The van der Waals surface area contributed by atoms with Gasteiger partial charge in [0.15, 0.2) is 12.6 Å². The zero-order chi connectivity index (χ0) is 15.6. The van der Waals surface area contributed by atoms with E-state index in [1.54, 1.807) is 6.07 Å². The molecule has 2 heteroatoms. The fraction of sp³-hybridized carbons (Fsp3) is 0.263. The summed E-state index contributed by atoms with van der Waals surface area (Å²) in [5.41, 5.74) is 5.05. The molecule has 0 unspecified atom stereocenters. The van der Waals surface area contributed by atoms with Gasteiger partial charge in [0.05, 0.1) is 0 Å². The standard InChI is InChI=1S/C19H20O2/c1-13-5-6-14(11-20)17(9-13)18-10-16(19(2,3)4)8-7-15(18)12-21/h5-12H,1-4H3. The molecule has 2 rings (SSSR count). The lowest BCUT2D eigenvalue weighted by atomic mass is 9.83. The van der Waals surface area contributed by atoms with Crippen LogP contribution < -0.4 is 0 Å². The van der Waals surface area contributed by atoms with E-state index in [-0.39, 0.29) is 5.41 Å². The van der Waals surface area contributed by atoms with Crippen LogP contribution in [0.15, 0.2) is 36.4 Å². The van der Waals surface area contributed by atoms with Crippen molar-refractivity contribution in [1.82, 2.24) is 0 Å². The summed E-state index contributed by atoms with van der Waals surface area (Å²) in [6.45, 7) is 8.36. The summed E-state index contributed by atoms with van der Waals surface area (Å²) in [4.78, 5) is 22.7. The van der Waals surface area contributed by atoms with E-state index >= 15 is 0 Å². The maximum Gasteiger partial charge on any atom is 0.150 e. The van der Waals surface area contributed by atoms with Gasteiger partial charge < -0.3 is 0 Å². The van der Waals surface area contributed by atoms with E-state index in [4.69, 9.17) is 0 Å². The molecule has 108 valence electrons. The Morgan fingerprint density at radius 1 is 0.810 bits per heavy atom. The number of carbonyl (C=O) groups excluding carboxylic acids is 2. The van der Waals surface area contributed by atoms with E-state index in [9.17, 15) is 9.59 Å². The average Bonchev–Trinajstić information content (AvgIpc) is 2.45. The second-order valence-corrected chi connectivity index (χ2v) is 6.38. The largest absolute Gasteiger partial charge is 0.298 e. The van der Waals surface area contributed by atoms with Gasteiger partial charge in [-0.3, -0.25) is 9.59 Å². The van der Waals surface area contributed by atoms with Crippen LogP contribution in [0, 0.1) is 6.92 Å². The van der Waals surface area contributed by atoms with Crippen molar-refractivity contribution in [2.75, 3.05) is 0 Å². The van der Waals surface area contributed by atoms with Crippen LogP contribution in [0.1, 0.15) is 52.6 Å². The predicted molar refractivity (Wildman–Crippen MR) is 86.1 cm³/mol. The number of hydrogen-bond donors (Lipinski definition) is 0. The van der Waals surface area contributed by atoms with Gasteiger partial charge in [0.25, 0.3) is 0 Å². The van der Waals surface area contributed by atoms with Crippen molar-refractivity contribution in [3.63, 3.8) is 0 Å². The molecule has 2 aromatic rings. The van der Waals surface area contributed by atoms with Crippen molar-refractivity contribution in [3.8, 4) is 11.1 Å². The lowest BCUT2D eigenvalue weighted by molar-refractivity contribution is 0.111. The molecule has 0 bridgehead atoms. The molecule has 0 amide bonds. The SMILES string of the molecule is Cc1ccc(C=O)c(-c2cc(C(C)(C)C)ccc2C=O)c1. The van der Waals surface area contributed by atoms with Gasteiger partial charge in [-0.2, -0.15) is 0 Å². The minimum Gasteiger partial charge on any atom is -0.298 e. The van der Waals surface area contributed by atoms with Gasteiger partial charge in [-0.25, -0.2) is 0 Å². The van der Waals surface area contributed by atoms with E-state index in [0.717, 1.165) is 34.8 Å². The van der Waals surface area contributed by atoms with Crippen LogP contribution in [0.3, 0.4) is 0 Å². The van der Waals surface area contributed by atoms with Crippen LogP contribution in [0.4, 0.5) is 0 Å². The molecule has 0 aliphatic heterocycles. The van der Waals surface area contributed by atoms with Crippen molar-refractivity contribution in [1.29, 1.82) is 0 Å². The van der Waals surface area contributed by atoms with E-state index in [0.29, 0.717) is 11.1 Å². The third kappa shape index (κ3) is 3.10. The number of carbonyl (C=O) groups is 2. The molecule has 0 spiro atoms. The summed E-state index contributed by atoms with van der Waals surface area (Å²) in [5, 5.41) is 0. The molecule has 0 radical (unpaired) electrons. The van der Waals surface area contributed by atoms with Crippen molar-refractivity contribution in [3.05, 3.63) is 58.7 Å². The van der Waals surface area contributed by atoms with Gasteiger partial charge in [0, 0.05) is 11.1 Å². The maximum atomic E-state index is 11.4. The number of aryl methyl sites for hydroxylation is 1. The summed E-state index contributed by atoms with van der Waals surface area (Å²) in [5.74, 6) is 0. The average molecular weight is 280 g/mol. The lowest BCUT2D eigenvalue weighted by Crippen LogP contribution is -2.11. The van der Waals surface area contributed by atoms with E-state index < -0.39 is 0 Å². The first-order valence-electron chi connectivity index (χ1n) is 7.02. The van der Waals surface area contributed by atoms with Crippen LogP contribution in [-0.2, 0) is 5.41 Å². The van der Waals surface area contributed by atoms with Crippen molar-refractivity contribution in [2.24, 2.45) is 0 Å². The predicted octanol–water partition coefficient (Wildman–Crippen LogP) is 4.58. The second-order valence-electron chi connectivity index (χ2n) is 6.38. The van der Waals surface area contributed by atoms with Crippen molar-refractivity contribution in [2.45, 2.75) is 33.1 Å². The molecule has 0 heterocycles. The zero-order valence-electron chi connectivity index (χ0n) is 12.9. The Hall–Kier alpha value is -2.22. The highest BCUT2D eigenvalue weighted by Gasteiger charge is 2.17. The Balaban J connectivity index is 2.75. The third-order valence-electron chi connectivity index (χ3n) is 3.67. The van der Waals surface area contributed by atoms with Crippen molar-refractivity contribution >= 4 is 12.6 Å². The Morgan fingerprint density at radius 3 is 1.86 bits per heavy atom. The summed E-state index contributed by atoms with van der Waals surface area (Å²) >= 11 is 0. The van der Waals surface area contributed by atoms with Crippen LogP contribution in [0.5, 0.6) is 0 Å². The summed E-state index contributed by atoms with van der Waals surface area (Å²) in [6.07, 6.45) is 1.69. The molecule has 2 aromatic carbocycles. The molecule has 2 nitrogen and oxygen atoms in total. The minimum atomic E-state index is -0.0126. The molecule has 21 heavy (non-hydrogen) atoms. The Morgan fingerprint density at radius 2 is 1.33 bits per heavy atom. The highest BCUT2D eigenvalue weighted by molar-refractivity contribution is 5.94. The lowest BCUT2D eigenvalue weighted by Gasteiger charge is -2.21. The molecule has 0 aliphatic rings. The maximum absolute atomic E-state index is 11.4. The number of rotatable bonds is 3. The molecule has 0 aromatic heterocycles. The zero-order valence-corrected chi connectivity index (χ0v) is 12.9. The van der Waals surface area contributed by atoms with Crippen molar-refractivity contribution < 1.29 is 9.59 Å². The first kappa shape index (κ1) is 15.2. The first-order valence-corrected chi connectivity index (χ1v) is 7.02. The van der Waals surface area contributed by atoms with E-state index in [1.807, 2.05) is 37.3 Å². The molecular weight excluding hydrogens is 260 g/mol. The highest BCUT2D eigenvalue weighted by atomic mass is 16.1. The monoisotopic (exact) mass is 280 g/mol. The number of benzene rings is 2. The van der Waals surface area contributed by atoms with E-state index in [2.05, 4.69) is 20.8 Å². The topological polar surface area (TPSA) is 34.1 Å². The third-order valence-corrected chi connectivity index (χ3v) is 3.67. The quantitative estimate of drug-likeness (QED) is 0.771. The minimum absolute atomic E-state index is 0.0126. The first-order chi connectivity index (χ1) is 9.86. The molecule has 0 saturated heterocycles. The normalized spacial score (nSPS) is 11.2. The van der Waals surface area contributed by atoms with Crippen LogP contribution >= 0.6 is 0 Å². The van der Waals surface area contributed by atoms with Gasteiger partial charge in [0.2, 0.25) is 0 Å². The van der Waals surface area contributed by atoms with Gasteiger partial charge >= 0.3 is 0 Å².